The molecule has 4 aliphatic rings. The minimum atomic E-state index is -1.49. The van der Waals surface area contributed by atoms with E-state index in [9.17, 15) is 14.4 Å². The van der Waals surface area contributed by atoms with Crippen molar-refractivity contribution < 1.29 is 28.2 Å². The summed E-state index contributed by atoms with van der Waals surface area (Å²) in [4.78, 5) is 45.7. The predicted octanol–water partition coefficient (Wildman–Crippen LogP) is 5.41. The fourth-order valence-corrected chi connectivity index (χ4v) is 7.17. The number of halogens is 1. The summed E-state index contributed by atoms with van der Waals surface area (Å²) < 4.78 is 26.3. The number of carbonyl (C=O) groups is 3. The summed E-state index contributed by atoms with van der Waals surface area (Å²) in [5.74, 6) is -2.37. The molecule has 1 N–H and O–H groups in total. The normalized spacial score (nSPS) is 24.3. The summed E-state index contributed by atoms with van der Waals surface area (Å²) in [6, 6.07) is 23.5. The summed E-state index contributed by atoms with van der Waals surface area (Å²) in [5, 5.41) is 2.99. The van der Waals surface area contributed by atoms with Crippen LogP contribution in [0.15, 0.2) is 97.1 Å². The standard InChI is InChI=1S/C34H23FN2O5/c35-23-10-4-2-8-21(23)32(39)30-29(31(38)20-13-15-26-27(17-20)42-18-41-26)34(22-9-3-5-11-24(22)36-33(34)40)28-16-14-19-7-1-6-12-25(19)37(28)30/h1-17,28-30H,18H2,(H,36,40). The van der Waals surface area contributed by atoms with Gasteiger partial charge in [-0.2, -0.15) is 0 Å². The Bertz CT molecular complexity index is 1870. The molecule has 0 radical (unpaired) electrons. The van der Waals surface area contributed by atoms with Crippen molar-refractivity contribution in [3.63, 3.8) is 0 Å². The van der Waals surface area contributed by atoms with Crippen molar-refractivity contribution in [2.24, 2.45) is 5.92 Å². The van der Waals surface area contributed by atoms with Crippen molar-refractivity contribution in [2.75, 3.05) is 17.0 Å². The zero-order valence-electron chi connectivity index (χ0n) is 22.1. The molecule has 0 saturated carbocycles. The SMILES string of the molecule is O=C(c1ccccc1F)C1C(C(=O)c2ccc3c(c2)OCO3)C2(C(=O)Nc3ccccc32)C2C=Cc3ccccc3N12. The minimum Gasteiger partial charge on any atom is -0.454 e. The van der Waals surface area contributed by atoms with E-state index in [2.05, 4.69) is 5.32 Å². The van der Waals surface area contributed by atoms with Gasteiger partial charge in [0.2, 0.25) is 12.7 Å². The quantitative estimate of drug-likeness (QED) is 0.337. The zero-order chi connectivity index (χ0) is 28.6. The van der Waals surface area contributed by atoms with Gasteiger partial charge >= 0.3 is 0 Å². The molecule has 8 rings (SSSR count). The van der Waals surface area contributed by atoms with Gasteiger partial charge in [0.15, 0.2) is 23.1 Å². The smallest absolute Gasteiger partial charge is 0.238 e. The molecular formula is C34H23FN2O5. The molecule has 4 atom stereocenters. The van der Waals surface area contributed by atoms with Crippen molar-refractivity contribution in [3.05, 3.63) is 125 Å². The molecule has 0 aliphatic carbocycles. The Hall–Kier alpha value is -5.24. The molecule has 8 heteroatoms. The highest BCUT2D eigenvalue weighted by Gasteiger charge is 2.70. The number of hydrogen-bond donors (Lipinski definition) is 1. The monoisotopic (exact) mass is 558 g/mol. The van der Waals surface area contributed by atoms with E-state index in [4.69, 9.17) is 9.47 Å². The van der Waals surface area contributed by atoms with E-state index >= 15 is 4.39 Å². The van der Waals surface area contributed by atoms with E-state index in [0.717, 1.165) is 5.56 Å². The first-order valence-corrected chi connectivity index (χ1v) is 13.7. The van der Waals surface area contributed by atoms with Crippen LogP contribution in [0.4, 0.5) is 15.8 Å². The number of ether oxygens (including phenoxy) is 2. The van der Waals surface area contributed by atoms with Gasteiger partial charge in [-0.3, -0.25) is 14.4 Å². The molecule has 0 bridgehead atoms. The molecule has 1 spiro atoms. The van der Waals surface area contributed by atoms with E-state index in [1.807, 2.05) is 59.5 Å². The zero-order valence-corrected chi connectivity index (χ0v) is 22.1. The number of nitrogens with one attached hydrogen (secondary N) is 1. The molecule has 206 valence electrons. The summed E-state index contributed by atoms with van der Waals surface area (Å²) in [5.41, 5.74) is 1.37. The van der Waals surface area contributed by atoms with E-state index < -0.39 is 40.8 Å². The summed E-state index contributed by atoms with van der Waals surface area (Å²) in [7, 11) is 0. The van der Waals surface area contributed by atoms with Crippen LogP contribution in [0.2, 0.25) is 0 Å². The number of benzene rings is 4. The van der Waals surface area contributed by atoms with Crippen molar-refractivity contribution in [1.82, 2.24) is 0 Å². The van der Waals surface area contributed by atoms with Gasteiger partial charge in [0.05, 0.1) is 17.5 Å². The van der Waals surface area contributed by atoms with Gasteiger partial charge in [0.25, 0.3) is 0 Å². The van der Waals surface area contributed by atoms with Gasteiger partial charge in [0.1, 0.15) is 17.3 Å². The van der Waals surface area contributed by atoms with Crippen LogP contribution < -0.4 is 19.7 Å². The van der Waals surface area contributed by atoms with E-state index in [-0.39, 0.29) is 23.8 Å². The number of carbonyl (C=O) groups excluding carboxylic acids is 3. The molecule has 0 aromatic heterocycles. The van der Waals surface area contributed by atoms with Crippen LogP contribution in [0.25, 0.3) is 6.08 Å². The van der Waals surface area contributed by atoms with Crippen LogP contribution in [-0.2, 0) is 10.2 Å². The average molecular weight is 559 g/mol. The molecule has 1 amide bonds. The van der Waals surface area contributed by atoms with Crippen LogP contribution in [-0.4, -0.2) is 36.4 Å². The van der Waals surface area contributed by atoms with E-state index in [1.165, 1.54) is 18.2 Å². The molecule has 4 unspecified atom stereocenters. The van der Waals surface area contributed by atoms with E-state index in [0.29, 0.717) is 28.4 Å². The molecule has 42 heavy (non-hydrogen) atoms. The first-order chi connectivity index (χ1) is 20.5. The van der Waals surface area contributed by atoms with Gasteiger partial charge in [-0.15, -0.1) is 0 Å². The Morgan fingerprint density at radius 2 is 1.64 bits per heavy atom. The second-order valence-electron chi connectivity index (χ2n) is 10.8. The Kier molecular flexibility index (Phi) is 5.19. The summed E-state index contributed by atoms with van der Waals surface area (Å²) in [6.45, 7) is 0.0297. The highest BCUT2D eigenvalue weighted by Crippen LogP contribution is 2.58. The fraction of sp³-hybridized carbons (Fsp3) is 0.147. The fourth-order valence-electron chi connectivity index (χ4n) is 7.17. The van der Waals surface area contributed by atoms with Crippen molar-refractivity contribution in [3.8, 4) is 11.5 Å². The maximum Gasteiger partial charge on any atom is 0.238 e. The second-order valence-corrected chi connectivity index (χ2v) is 10.8. The lowest BCUT2D eigenvalue weighted by Gasteiger charge is -2.37. The predicted molar refractivity (Wildman–Crippen MR) is 153 cm³/mol. The summed E-state index contributed by atoms with van der Waals surface area (Å²) >= 11 is 0. The number of amides is 1. The van der Waals surface area contributed by atoms with Gasteiger partial charge in [-0.1, -0.05) is 60.7 Å². The molecule has 7 nitrogen and oxygen atoms in total. The summed E-state index contributed by atoms with van der Waals surface area (Å²) in [6.07, 6.45) is 3.81. The number of fused-ring (bicyclic) bond motifs is 7. The lowest BCUT2D eigenvalue weighted by atomic mass is 9.64. The molecule has 4 heterocycles. The van der Waals surface area contributed by atoms with Gasteiger partial charge in [-0.05, 0) is 53.6 Å². The lowest BCUT2D eigenvalue weighted by Crippen LogP contribution is -2.51. The minimum absolute atomic E-state index is 0.0297. The topological polar surface area (TPSA) is 84.9 Å². The number of ketones is 2. The van der Waals surface area contributed by atoms with E-state index in [1.54, 1.807) is 30.3 Å². The molecule has 4 aromatic carbocycles. The number of Topliss-reactive ketones (excluding diaryl/α,β-unsaturated/α-hetero) is 2. The number of anilines is 2. The third-order valence-electron chi connectivity index (χ3n) is 8.89. The molecule has 1 fully saturated rings. The van der Waals surface area contributed by atoms with Crippen molar-refractivity contribution in [1.29, 1.82) is 0 Å². The second kappa shape index (κ2) is 8.88. The Morgan fingerprint density at radius 1 is 0.881 bits per heavy atom. The number of rotatable bonds is 4. The number of hydrogen-bond acceptors (Lipinski definition) is 6. The lowest BCUT2D eigenvalue weighted by molar-refractivity contribution is -0.121. The third-order valence-corrected chi connectivity index (χ3v) is 8.89. The van der Waals surface area contributed by atoms with Crippen molar-refractivity contribution in [2.45, 2.75) is 17.5 Å². The highest BCUT2D eigenvalue weighted by atomic mass is 19.1. The third kappa shape index (κ3) is 3.17. The Labute approximate surface area is 240 Å². The number of para-hydroxylation sites is 2. The van der Waals surface area contributed by atoms with Crippen LogP contribution >= 0.6 is 0 Å². The Morgan fingerprint density at radius 3 is 2.52 bits per heavy atom. The van der Waals surface area contributed by atoms with Crippen LogP contribution in [0.3, 0.4) is 0 Å². The first kappa shape index (κ1) is 24.5. The van der Waals surface area contributed by atoms with Gasteiger partial charge in [0, 0.05) is 16.9 Å². The maximum atomic E-state index is 15.3. The molecular weight excluding hydrogens is 535 g/mol. The van der Waals surface area contributed by atoms with Crippen LogP contribution in [0.1, 0.15) is 31.8 Å². The molecule has 4 aliphatic heterocycles. The molecule has 1 saturated heterocycles. The van der Waals surface area contributed by atoms with Gasteiger partial charge < -0.3 is 19.7 Å². The largest absolute Gasteiger partial charge is 0.454 e. The average Bonchev–Trinajstić information content (AvgIpc) is 3.70. The Balaban J connectivity index is 1.42. The van der Waals surface area contributed by atoms with Crippen LogP contribution in [0, 0.1) is 11.7 Å². The van der Waals surface area contributed by atoms with Gasteiger partial charge in [-0.25, -0.2) is 4.39 Å². The first-order valence-electron chi connectivity index (χ1n) is 13.7. The highest BCUT2D eigenvalue weighted by molar-refractivity contribution is 6.18. The van der Waals surface area contributed by atoms with Crippen LogP contribution in [0.5, 0.6) is 11.5 Å². The maximum absolute atomic E-state index is 15.3. The molecule has 4 aromatic rings. The van der Waals surface area contributed by atoms with Crippen molar-refractivity contribution >= 4 is 34.9 Å². The number of nitrogens with zero attached hydrogens (tertiary/aromatic N) is 1.